The summed E-state index contributed by atoms with van der Waals surface area (Å²) in [6.45, 7) is 1.36. The number of amides is 1. The summed E-state index contributed by atoms with van der Waals surface area (Å²) in [4.78, 5) is 21.4. The summed E-state index contributed by atoms with van der Waals surface area (Å²) >= 11 is 0. The predicted octanol–water partition coefficient (Wildman–Crippen LogP) is 0.123. The molecule has 0 aliphatic heterocycles. The topological polar surface area (TPSA) is 120 Å². The summed E-state index contributed by atoms with van der Waals surface area (Å²) in [6, 6.07) is 1.17. The minimum absolute atomic E-state index is 0.164. The number of halogens is 1. The second kappa shape index (κ2) is 6.11. The Morgan fingerprint density at radius 1 is 1.59 bits per heavy atom. The molecule has 1 N–H and O–H groups in total. The number of nitro groups is 1. The van der Waals surface area contributed by atoms with E-state index in [-0.39, 0.29) is 17.9 Å². The molecule has 10 nitrogen and oxygen atoms in total. The highest BCUT2D eigenvalue weighted by Crippen LogP contribution is 2.07. The Labute approximate surface area is 123 Å². The van der Waals surface area contributed by atoms with Crippen LogP contribution >= 0.6 is 0 Å². The number of nitrogens with zero attached hydrogens (tertiary/aromatic N) is 6. The molecule has 1 amide bonds. The Hall–Kier alpha value is -3.11. The van der Waals surface area contributed by atoms with Crippen LogP contribution in [0.25, 0.3) is 0 Å². The average Bonchev–Trinajstić information content (AvgIpc) is 2.99. The Bertz CT molecular complexity index is 749. The van der Waals surface area contributed by atoms with E-state index in [2.05, 4.69) is 20.7 Å². The summed E-state index contributed by atoms with van der Waals surface area (Å²) in [5.41, 5.74) is 2.77. The van der Waals surface area contributed by atoms with Gasteiger partial charge in [-0.25, -0.2) is 10.1 Å². The van der Waals surface area contributed by atoms with Crippen LogP contribution in [-0.4, -0.2) is 36.6 Å². The molecule has 0 saturated carbocycles. The molecule has 22 heavy (non-hydrogen) atoms. The molecule has 2 heterocycles. The Balaban J connectivity index is 1.94. The Kier molecular flexibility index (Phi) is 4.25. The lowest BCUT2D eigenvalue weighted by molar-refractivity contribution is -0.389. The van der Waals surface area contributed by atoms with E-state index in [9.17, 15) is 19.3 Å². The van der Waals surface area contributed by atoms with Gasteiger partial charge in [-0.1, -0.05) is 0 Å². The van der Waals surface area contributed by atoms with Gasteiger partial charge in [0.05, 0.1) is 34.8 Å². The van der Waals surface area contributed by atoms with Gasteiger partial charge in [-0.2, -0.15) is 19.3 Å². The molecule has 11 heteroatoms. The van der Waals surface area contributed by atoms with Gasteiger partial charge in [0.1, 0.15) is 6.54 Å². The fourth-order valence-electron chi connectivity index (χ4n) is 1.68. The highest BCUT2D eigenvalue weighted by atomic mass is 19.1. The van der Waals surface area contributed by atoms with Crippen LogP contribution in [0.15, 0.2) is 17.4 Å². The number of aromatic nitrogens is 4. The van der Waals surface area contributed by atoms with Gasteiger partial charge >= 0.3 is 5.82 Å². The molecule has 0 aliphatic carbocycles. The third-order valence-corrected chi connectivity index (χ3v) is 2.70. The first-order valence-corrected chi connectivity index (χ1v) is 6.07. The van der Waals surface area contributed by atoms with Crippen molar-refractivity contribution in [2.45, 2.75) is 13.5 Å². The van der Waals surface area contributed by atoms with Crippen molar-refractivity contribution in [3.05, 3.63) is 39.6 Å². The first-order chi connectivity index (χ1) is 10.4. The van der Waals surface area contributed by atoms with Crippen LogP contribution in [0.5, 0.6) is 0 Å². The SMILES string of the molecule is Cc1nn(C)c(F)c1/C=N\NC(=O)Cn1ccc([N+](=O)[O-])n1. The van der Waals surface area contributed by atoms with Gasteiger partial charge in [-0.3, -0.25) is 4.79 Å². The van der Waals surface area contributed by atoms with Crippen molar-refractivity contribution in [3.8, 4) is 0 Å². The predicted molar refractivity (Wildman–Crippen MR) is 72.5 cm³/mol. The second-order valence-corrected chi connectivity index (χ2v) is 4.34. The fourth-order valence-corrected chi connectivity index (χ4v) is 1.68. The van der Waals surface area contributed by atoms with Crippen molar-refractivity contribution >= 4 is 17.9 Å². The van der Waals surface area contributed by atoms with Crippen LogP contribution in [0.2, 0.25) is 0 Å². The van der Waals surface area contributed by atoms with Gasteiger partial charge in [0, 0.05) is 7.05 Å². The van der Waals surface area contributed by atoms with Gasteiger partial charge < -0.3 is 10.1 Å². The van der Waals surface area contributed by atoms with E-state index in [0.717, 1.165) is 15.6 Å². The first kappa shape index (κ1) is 15.3. The number of carbonyl (C=O) groups is 1. The van der Waals surface area contributed by atoms with Crippen LogP contribution in [0, 0.1) is 23.0 Å². The van der Waals surface area contributed by atoms with E-state index >= 15 is 0 Å². The monoisotopic (exact) mass is 309 g/mol. The molecule has 2 aromatic heterocycles. The minimum atomic E-state index is -0.666. The van der Waals surface area contributed by atoms with Gasteiger partial charge in [0.15, 0.2) is 0 Å². The molecule has 0 fully saturated rings. The molecule has 0 aromatic carbocycles. The number of nitrogens with one attached hydrogen (secondary N) is 1. The zero-order chi connectivity index (χ0) is 16.3. The maximum Gasteiger partial charge on any atom is 0.389 e. The van der Waals surface area contributed by atoms with Crippen LogP contribution in [0.3, 0.4) is 0 Å². The lowest BCUT2D eigenvalue weighted by atomic mass is 10.3. The summed E-state index contributed by atoms with van der Waals surface area (Å²) in [6.07, 6.45) is 2.44. The van der Waals surface area contributed by atoms with E-state index in [1.165, 1.54) is 19.3 Å². The van der Waals surface area contributed by atoms with Crippen molar-refractivity contribution in [3.63, 3.8) is 0 Å². The minimum Gasteiger partial charge on any atom is -0.358 e. The van der Waals surface area contributed by atoms with Gasteiger partial charge in [0.2, 0.25) is 5.95 Å². The van der Waals surface area contributed by atoms with Crippen molar-refractivity contribution in [1.29, 1.82) is 0 Å². The number of hydrogen-bond donors (Lipinski definition) is 1. The van der Waals surface area contributed by atoms with Crippen LogP contribution in [0.4, 0.5) is 10.2 Å². The van der Waals surface area contributed by atoms with Crippen molar-refractivity contribution in [2.24, 2.45) is 12.1 Å². The number of carbonyl (C=O) groups excluding carboxylic acids is 1. The summed E-state index contributed by atoms with van der Waals surface area (Å²) in [5, 5.41) is 21.5. The summed E-state index contributed by atoms with van der Waals surface area (Å²) in [7, 11) is 1.45. The third-order valence-electron chi connectivity index (χ3n) is 2.70. The lowest BCUT2D eigenvalue weighted by Crippen LogP contribution is -2.23. The average molecular weight is 309 g/mol. The zero-order valence-electron chi connectivity index (χ0n) is 11.7. The summed E-state index contributed by atoms with van der Waals surface area (Å²) < 4.78 is 15.7. The highest BCUT2D eigenvalue weighted by molar-refractivity contribution is 5.83. The lowest BCUT2D eigenvalue weighted by Gasteiger charge is -1.97. The standard InChI is InChI=1S/C11H12FN7O3/c1-7-8(11(12)17(2)15-7)5-13-14-10(20)6-18-4-3-9(16-18)19(21)22/h3-5H,6H2,1-2H3,(H,14,20)/b13-5-. The van der Waals surface area contributed by atoms with Crippen LogP contribution in [0.1, 0.15) is 11.3 Å². The molecule has 0 radical (unpaired) electrons. The first-order valence-electron chi connectivity index (χ1n) is 6.07. The Morgan fingerprint density at radius 2 is 2.32 bits per heavy atom. The molecule has 0 saturated heterocycles. The van der Waals surface area contributed by atoms with Gasteiger partial charge in [0.25, 0.3) is 5.91 Å². The van der Waals surface area contributed by atoms with E-state index in [0.29, 0.717) is 5.69 Å². The Morgan fingerprint density at radius 3 is 2.86 bits per heavy atom. The van der Waals surface area contributed by atoms with E-state index < -0.39 is 16.8 Å². The molecule has 0 spiro atoms. The summed E-state index contributed by atoms with van der Waals surface area (Å²) in [5.74, 6) is -1.49. The third kappa shape index (κ3) is 3.31. The maximum atomic E-state index is 13.6. The van der Waals surface area contributed by atoms with Crippen LogP contribution in [-0.2, 0) is 18.4 Å². The number of aryl methyl sites for hydroxylation is 2. The van der Waals surface area contributed by atoms with Crippen molar-refractivity contribution < 1.29 is 14.1 Å². The van der Waals surface area contributed by atoms with E-state index in [4.69, 9.17) is 0 Å². The highest BCUT2D eigenvalue weighted by Gasteiger charge is 2.13. The number of rotatable bonds is 5. The smallest absolute Gasteiger partial charge is 0.358 e. The van der Waals surface area contributed by atoms with Crippen molar-refractivity contribution in [2.75, 3.05) is 0 Å². The van der Waals surface area contributed by atoms with E-state index in [1.807, 2.05) is 0 Å². The molecule has 116 valence electrons. The van der Waals surface area contributed by atoms with Crippen molar-refractivity contribution in [1.82, 2.24) is 25.0 Å². The van der Waals surface area contributed by atoms with Gasteiger partial charge in [-0.05, 0) is 11.8 Å². The molecule has 0 bridgehead atoms. The zero-order valence-corrected chi connectivity index (χ0v) is 11.7. The molecular formula is C11H12FN7O3. The second-order valence-electron chi connectivity index (χ2n) is 4.34. The quantitative estimate of drug-likeness (QED) is 0.478. The normalized spacial score (nSPS) is 11.0. The molecule has 0 aliphatic rings. The molecule has 0 atom stereocenters. The van der Waals surface area contributed by atoms with E-state index in [1.54, 1.807) is 6.92 Å². The largest absolute Gasteiger partial charge is 0.389 e. The van der Waals surface area contributed by atoms with Crippen LogP contribution < -0.4 is 5.43 Å². The fraction of sp³-hybridized carbons (Fsp3) is 0.273. The molecule has 2 rings (SSSR count). The molecule has 0 unspecified atom stereocenters. The maximum absolute atomic E-state index is 13.6. The number of hydrogen-bond acceptors (Lipinski definition) is 6. The van der Waals surface area contributed by atoms with Gasteiger partial charge in [-0.15, -0.1) is 0 Å². The molecule has 2 aromatic rings. The number of hydrazone groups is 1. The molecular weight excluding hydrogens is 297 g/mol.